The zero-order chi connectivity index (χ0) is 16.8. The fourth-order valence-corrected chi connectivity index (χ4v) is 2.30. The van der Waals surface area contributed by atoms with E-state index in [1.165, 1.54) is 6.20 Å². The van der Waals surface area contributed by atoms with Crippen LogP contribution >= 0.6 is 0 Å². The van der Waals surface area contributed by atoms with Gasteiger partial charge in [0.05, 0.1) is 25.2 Å². The highest BCUT2D eigenvalue weighted by molar-refractivity contribution is 5.78. The lowest BCUT2D eigenvalue weighted by Gasteiger charge is -2.31. The summed E-state index contributed by atoms with van der Waals surface area (Å²) < 4.78 is 10.6. The fraction of sp³-hybridized carbons (Fsp3) is 0.571. The molecule has 2 atom stereocenters. The van der Waals surface area contributed by atoms with Crippen molar-refractivity contribution in [2.45, 2.75) is 31.9 Å². The van der Waals surface area contributed by atoms with Gasteiger partial charge in [0.1, 0.15) is 12.4 Å². The summed E-state index contributed by atoms with van der Waals surface area (Å²) in [5.41, 5.74) is -0.0981. The molecule has 2 heterocycles. The van der Waals surface area contributed by atoms with E-state index in [1.54, 1.807) is 6.92 Å². The number of ether oxygens (including phenoxy) is 2. The monoisotopic (exact) mass is 325 g/mol. The minimum atomic E-state index is -1.07. The molecular weight excluding hydrogens is 306 g/mol. The number of hydrogen-bond donors (Lipinski definition) is 3. The molecule has 1 aliphatic rings. The topological polar surface area (TPSA) is 131 Å². The van der Waals surface area contributed by atoms with Crippen molar-refractivity contribution >= 4 is 11.9 Å². The molecule has 0 unspecified atom stereocenters. The van der Waals surface area contributed by atoms with Crippen LogP contribution in [0.3, 0.4) is 0 Å². The molecule has 0 bridgehead atoms. The summed E-state index contributed by atoms with van der Waals surface area (Å²) >= 11 is 0. The van der Waals surface area contributed by atoms with E-state index in [9.17, 15) is 14.4 Å². The second-order valence-corrected chi connectivity index (χ2v) is 5.28. The Morgan fingerprint density at radius 1 is 1.57 bits per heavy atom. The molecule has 0 aliphatic carbocycles. The molecule has 1 saturated heterocycles. The number of aryl methyl sites for hydroxylation is 1. The number of nitrogens with zero attached hydrogens (tertiary/aromatic N) is 1. The fourth-order valence-electron chi connectivity index (χ4n) is 2.30. The van der Waals surface area contributed by atoms with Crippen LogP contribution in [-0.2, 0) is 25.5 Å². The van der Waals surface area contributed by atoms with E-state index < -0.39 is 24.7 Å². The number of aliphatic carboxylic acids is 1. The van der Waals surface area contributed by atoms with Gasteiger partial charge in [0.25, 0.3) is 5.56 Å². The minimum Gasteiger partial charge on any atom is -0.480 e. The molecule has 0 spiro atoms. The van der Waals surface area contributed by atoms with Gasteiger partial charge >= 0.3 is 5.97 Å². The van der Waals surface area contributed by atoms with Crippen LogP contribution in [0.4, 0.5) is 0 Å². The highest BCUT2D eigenvalue weighted by Crippen LogP contribution is 2.12. The van der Waals surface area contributed by atoms with Crippen LogP contribution in [0.15, 0.2) is 11.0 Å². The SMILES string of the molecule is Cc1ncc(CC(=O)N[C@@H]2COCC[C@@H]2OCC(=O)O)c(=O)[nH]1. The minimum absolute atomic E-state index is 0.120. The van der Waals surface area contributed by atoms with Gasteiger partial charge in [0, 0.05) is 18.4 Å². The number of aromatic nitrogens is 2. The van der Waals surface area contributed by atoms with Crippen molar-refractivity contribution in [3.8, 4) is 0 Å². The molecule has 1 amide bonds. The van der Waals surface area contributed by atoms with Gasteiger partial charge in [0.2, 0.25) is 5.91 Å². The third-order valence-corrected chi connectivity index (χ3v) is 3.41. The summed E-state index contributed by atoms with van der Waals surface area (Å²) in [6.45, 7) is 1.89. The summed E-state index contributed by atoms with van der Waals surface area (Å²) in [5, 5.41) is 11.4. The molecule has 126 valence electrons. The molecule has 1 aromatic rings. The standard InChI is InChI=1S/C14H19N3O6/c1-8-15-5-9(14(21)16-8)4-12(18)17-10-6-22-3-2-11(10)23-7-13(19)20/h5,10-11H,2-4,6-7H2,1H3,(H,17,18)(H,19,20)(H,15,16,21)/t10-,11+/m1/s1. The predicted molar refractivity (Wildman–Crippen MR) is 78.0 cm³/mol. The molecule has 0 radical (unpaired) electrons. The predicted octanol–water partition coefficient (Wildman–Crippen LogP) is -1.00. The number of aromatic amines is 1. The largest absolute Gasteiger partial charge is 0.480 e. The van der Waals surface area contributed by atoms with Gasteiger partial charge in [-0.15, -0.1) is 0 Å². The van der Waals surface area contributed by atoms with Gasteiger partial charge < -0.3 is 24.9 Å². The van der Waals surface area contributed by atoms with Gasteiger partial charge in [-0.25, -0.2) is 9.78 Å². The summed E-state index contributed by atoms with van der Waals surface area (Å²) in [4.78, 5) is 40.9. The van der Waals surface area contributed by atoms with Gasteiger partial charge in [-0.3, -0.25) is 9.59 Å². The van der Waals surface area contributed by atoms with Crippen LogP contribution in [0.1, 0.15) is 17.8 Å². The van der Waals surface area contributed by atoms with Crippen LogP contribution in [-0.4, -0.2) is 58.9 Å². The van der Waals surface area contributed by atoms with Crippen molar-refractivity contribution in [2.75, 3.05) is 19.8 Å². The third kappa shape index (κ3) is 5.15. The van der Waals surface area contributed by atoms with Gasteiger partial charge in [-0.05, 0) is 13.3 Å². The van der Waals surface area contributed by atoms with Gasteiger partial charge in [0.15, 0.2) is 0 Å². The van der Waals surface area contributed by atoms with Crippen LogP contribution in [0.25, 0.3) is 0 Å². The van der Waals surface area contributed by atoms with E-state index in [-0.39, 0.29) is 30.1 Å². The first-order valence-electron chi connectivity index (χ1n) is 7.21. The van der Waals surface area contributed by atoms with Crippen molar-refractivity contribution in [3.05, 3.63) is 27.9 Å². The average molecular weight is 325 g/mol. The van der Waals surface area contributed by atoms with Crippen LogP contribution in [0, 0.1) is 6.92 Å². The Hall–Kier alpha value is -2.26. The van der Waals surface area contributed by atoms with Gasteiger partial charge in [-0.1, -0.05) is 0 Å². The first-order valence-corrected chi connectivity index (χ1v) is 7.21. The number of amides is 1. The Morgan fingerprint density at radius 2 is 2.35 bits per heavy atom. The number of nitrogens with one attached hydrogen (secondary N) is 2. The zero-order valence-corrected chi connectivity index (χ0v) is 12.7. The van der Waals surface area contributed by atoms with E-state index >= 15 is 0 Å². The summed E-state index contributed by atoms with van der Waals surface area (Å²) in [6, 6.07) is -0.451. The molecular formula is C14H19N3O6. The molecule has 23 heavy (non-hydrogen) atoms. The second-order valence-electron chi connectivity index (χ2n) is 5.28. The number of rotatable bonds is 6. The molecule has 9 nitrogen and oxygen atoms in total. The lowest BCUT2D eigenvalue weighted by atomic mass is 10.1. The lowest BCUT2D eigenvalue weighted by Crippen LogP contribution is -2.51. The molecule has 3 N–H and O–H groups in total. The molecule has 0 aromatic carbocycles. The summed E-state index contributed by atoms with van der Waals surface area (Å²) in [7, 11) is 0. The first-order chi connectivity index (χ1) is 11.0. The van der Waals surface area contributed by atoms with Crippen molar-refractivity contribution in [3.63, 3.8) is 0 Å². The number of carbonyl (C=O) groups is 2. The maximum atomic E-state index is 12.1. The zero-order valence-electron chi connectivity index (χ0n) is 12.7. The Bertz CT molecular complexity index is 629. The summed E-state index contributed by atoms with van der Waals surface area (Å²) in [5.74, 6) is -0.971. The Labute approximate surface area is 132 Å². The maximum absolute atomic E-state index is 12.1. The van der Waals surface area contributed by atoms with E-state index in [4.69, 9.17) is 14.6 Å². The molecule has 2 rings (SSSR count). The quantitative estimate of drug-likeness (QED) is 0.611. The third-order valence-electron chi connectivity index (χ3n) is 3.41. The molecule has 0 saturated carbocycles. The van der Waals surface area contributed by atoms with Crippen molar-refractivity contribution < 1.29 is 24.2 Å². The highest BCUT2D eigenvalue weighted by atomic mass is 16.5. The number of carboxylic acid groups (broad SMARTS) is 1. The first kappa shape index (κ1) is 17.1. The van der Waals surface area contributed by atoms with Gasteiger partial charge in [-0.2, -0.15) is 0 Å². The molecule has 9 heteroatoms. The molecule has 1 aromatic heterocycles. The maximum Gasteiger partial charge on any atom is 0.329 e. The normalized spacial score (nSPS) is 20.9. The van der Waals surface area contributed by atoms with Crippen molar-refractivity contribution in [2.24, 2.45) is 0 Å². The smallest absolute Gasteiger partial charge is 0.329 e. The number of hydrogen-bond acceptors (Lipinski definition) is 6. The second kappa shape index (κ2) is 7.84. The Kier molecular flexibility index (Phi) is 5.83. The van der Waals surface area contributed by atoms with Crippen LogP contribution in [0.5, 0.6) is 0 Å². The molecule has 1 fully saturated rings. The average Bonchev–Trinajstić information content (AvgIpc) is 2.49. The Balaban J connectivity index is 1.94. The van der Waals surface area contributed by atoms with E-state index in [0.29, 0.717) is 18.9 Å². The number of carbonyl (C=O) groups excluding carboxylic acids is 1. The van der Waals surface area contributed by atoms with E-state index in [0.717, 1.165) is 0 Å². The van der Waals surface area contributed by atoms with Crippen molar-refractivity contribution in [1.29, 1.82) is 0 Å². The Morgan fingerprint density at radius 3 is 3.04 bits per heavy atom. The van der Waals surface area contributed by atoms with Crippen molar-refractivity contribution in [1.82, 2.24) is 15.3 Å². The van der Waals surface area contributed by atoms with Crippen LogP contribution in [0.2, 0.25) is 0 Å². The van der Waals surface area contributed by atoms with E-state index in [2.05, 4.69) is 15.3 Å². The highest BCUT2D eigenvalue weighted by Gasteiger charge is 2.28. The molecule has 1 aliphatic heterocycles. The number of H-pyrrole nitrogens is 1. The van der Waals surface area contributed by atoms with Crippen LogP contribution < -0.4 is 10.9 Å². The number of carboxylic acids is 1. The lowest BCUT2D eigenvalue weighted by molar-refractivity contribution is -0.148. The van der Waals surface area contributed by atoms with E-state index in [1.807, 2.05) is 0 Å². The summed E-state index contributed by atoms with van der Waals surface area (Å²) in [6.07, 6.45) is 1.30.